The first kappa shape index (κ1) is 22.4. The van der Waals surface area contributed by atoms with Crippen molar-refractivity contribution >= 4 is 11.8 Å². The van der Waals surface area contributed by atoms with Gasteiger partial charge >= 0.3 is 0 Å². The maximum absolute atomic E-state index is 13.4. The molecule has 0 unspecified atom stereocenters. The predicted molar refractivity (Wildman–Crippen MR) is 128 cm³/mol. The topological polar surface area (TPSA) is 75.2 Å². The highest BCUT2D eigenvalue weighted by molar-refractivity contribution is 5.93. The standard InChI is InChI=1S/C27H28N4O2/c1-2-14-30-26(33)27(13-6-17-31(20-27)25(32)24-19-28-15-16-29-24)18-21-9-11-23(12-10-21)22-7-4-3-5-8-22/h2-5,7-12,15-16,19H,1,6,13-14,17-18,20H2,(H,30,33)/t27-/m0/s1. The molecule has 1 atom stereocenters. The Hall–Kier alpha value is -3.80. The van der Waals surface area contributed by atoms with E-state index >= 15 is 0 Å². The van der Waals surface area contributed by atoms with Crippen molar-refractivity contribution in [2.45, 2.75) is 19.3 Å². The minimum absolute atomic E-state index is 0.0498. The summed E-state index contributed by atoms with van der Waals surface area (Å²) in [6.07, 6.45) is 8.20. The SMILES string of the molecule is C=CCNC(=O)[C@]1(Cc2ccc(-c3ccccc3)cc2)CCCN(C(=O)c2cnccn2)C1. The van der Waals surface area contributed by atoms with E-state index in [-0.39, 0.29) is 11.8 Å². The van der Waals surface area contributed by atoms with Gasteiger partial charge < -0.3 is 10.2 Å². The van der Waals surface area contributed by atoms with Gasteiger partial charge in [-0.15, -0.1) is 6.58 Å². The van der Waals surface area contributed by atoms with Gasteiger partial charge in [-0.25, -0.2) is 4.98 Å². The van der Waals surface area contributed by atoms with Crippen LogP contribution < -0.4 is 5.32 Å². The molecule has 6 heteroatoms. The summed E-state index contributed by atoms with van der Waals surface area (Å²) in [5.74, 6) is -0.241. The summed E-state index contributed by atoms with van der Waals surface area (Å²) in [4.78, 5) is 36.3. The van der Waals surface area contributed by atoms with E-state index in [2.05, 4.69) is 58.3 Å². The van der Waals surface area contributed by atoms with Crippen LogP contribution in [-0.2, 0) is 11.2 Å². The first-order chi connectivity index (χ1) is 16.1. The Bertz CT molecular complexity index is 1100. The van der Waals surface area contributed by atoms with Gasteiger partial charge in [0.2, 0.25) is 5.91 Å². The molecule has 0 bridgehead atoms. The zero-order valence-electron chi connectivity index (χ0n) is 18.6. The van der Waals surface area contributed by atoms with Crippen molar-refractivity contribution in [3.63, 3.8) is 0 Å². The van der Waals surface area contributed by atoms with E-state index in [1.807, 2.05) is 18.2 Å². The van der Waals surface area contributed by atoms with Crippen LogP contribution in [-0.4, -0.2) is 46.3 Å². The minimum Gasteiger partial charge on any atom is -0.352 e. The molecule has 2 aromatic carbocycles. The molecule has 33 heavy (non-hydrogen) atoms. The molecule has 0 aliphatic carbocycles. The van der Waals surface area contributed by atoms with Crippen molar-refractivity contribution in [3.8, 4) is 11.1 Å². The number of nitrogens with zero attached hydrogens (tertiary/aromatic N) is 3. The van der Waals surface area contributed by atoms with Gasteiger partial charge in [-0.05, 0) is 36.0 Å². The highest BCUT2D eigenvalue weighted by Crippen LogP contribution is 2.35. The monoisotopic (exact) mass is 440 g/mol. The predicted octanol–water partition coefficient (Wildman–Crippen LogP) is 3.91. The number of rotatable bonds is 7. The molecule has 1 N–H and O–H groups in total. The first-order valence-electron chi connectivity index (χ1n) is 11.2. The number of hydrogen-bond donors (Lipinski definition) is 1. The number of benzene rings is 2. The van der Waals surface area contributed by atoms with Crippen LogP contribution >= 0.6 is 0 Å². The number of nitrogens with one attached hydrogen (secondary N) is 1. The van der Waals surface area contributed by atoms with Crippen molar-refractivity contribution in [1.29, 1.82) is 0 Å². The summed E-state index contributed by atoms with van der Waals surface area (Å²) in [6, 6.07) is 18.5. The molecule has 2 amide bonds. The number of likely N-dealkylation sites (tertiary alicyclic amines) is 1. The lowest BCUT2D eigenvalue weighted by Crippen LogP contribution is -2.54. The molecular weight excluding hydrogens is 412 g/mol. The summed E-state index contributed by atoms with van der Waals surface area (Å²) < 4.78 is 0. The summed E-state index contributed by atoms with van der Waals surface area (Å²) in [7, 11) is 0. The number of piperidine rings is 1. The van der Waals surface area contributed by atoms with Gasteiger partial charge in [0, 0.05) is 32.0 Å². The number of carbonyl (C=O) groups is 2. The molecule has 1 aliphatic rings. The number of carbonyl (C=O) groups excluding carboxylic acids is 2. The minimum atomic E-state index is -0.715. The van der Waals surface area contributed by atoms with Crippen LogP contribution in [0.25, 0.3) is 11.1 Å². The lowest BCUT2D eigenvalue weighted by atomic mass is 9.74. The van der Waals surface area contributed by atoms with Crippen LogP contribution in [0, 0.1) is 5.41 Å². The van der Waals surface area contributed by atoms with Crippen LogP contribution in [0.2, 0.25) is 0 Å². The third-order valence-corrected chi connectivity index (χ3v) is 6.14. The smallest absolute Gasteiger partial charge is 0.274 e. The molecule has 0 radical (unpaired) electrons. The van der Waals surface area contributed by atoms with Gasteiger partial charge in [0.05, 0.1) is 11.6 Å². The quantitative estimate of drug-likeness (QED) is 0.565. The molecule has 3 aromatic rings. The largest absolute Gasteiger partial charge is 0.352 e. The molecule has 168 valence electrons. The van der Waals surface area contributed by atoms with Crippen LogP contribution in [0.3, 0.4) is 0 Å². The van der Waals surface area contributed by atoms with E-state index in [9.17, 15) is 9.59 Å². The van der Waals surface area contributed by atoms with Gasteiger partial charge in [0.1, 0.15) is 5.69 Å². The third-order valence-electron chi connectivity index (χ3n) is 6.14. The number of hydrogen-bond acceptors (Lipinski definition) is 4. The molecule has 1 fully saturated rings. The maximum atomic E-state index is 13.4. The summed E-state index contributed by atoms with van der Waals surface area (Å²) in [5.41, 5.74) is 2.94. The molecular formula is C27H28N4O2. The Labute approximate surface area is 194 Å². The zero-order valence-corrected chi connectivity index (χ0v) is 18.6. The fourth-order valence-corrected chi connectivity index (χ4v) is 4.48. The second-order valence-corrected chi connectivity index (χ2v) is 8.44. The zero-order chi connectivity index (χ0) is 23.1. The molecule has 0 saturated carbocycles. The Morgan fingerprint density at radius 3 is 2.52 bits per heavy atom. The summed E-state index contributed by atoms with van der Waals surface area (Å²) in [5, 5.41) is 2.98. The molecule has 1 aliphatic heterocycles. The van der Waals surface area contributed by atoms with Crippen LogP contribution in [0.1, 0.15) is 28.9 Å². The van der Waals surface area contributed by atoms with Gasteiger partial charge in [-0.2, -0.15) is 0 Å². The van der Waals surface area contributed by atoms with E-state index in [1.165, 1.54) is 12.4 Å². The molecule has 2 heterocycles. The summed E-state index contributed by atoms with van der Waals surface area (Å²) >= 11 is 0. The summed E-state index contributed by atoms with van der Waals surface area (Å²) in [6.45, 7) is 5.04. The van der Waals surface area contributed by atoms with Crippen molar-refractivity contribution < 1.29 is 9.59 Å². The van der Waals surface area contributed by atoms with E-state index in [0.717, 1.165) is 23.1 Å². The van der Waals surface area contributed by atoms with Gasteiger partial charge in [0.25, 0.3) is 5.91 Å². The van der Waals surface area contributed by atoms with E-state index in [0.29, 0.717) is 38.2 Å². The van der Waals surface area contributed by atoms with Crippen LogP contribution in [0.5, 0.6) is 0 Å². The van der Waals surface area contributed by atoms with Gasteiger partial charge in [-0.3, -0.25) is 14.6 Å². The Morgan fingerprint density at radius 1 is 1.06 bits per heavy atom. The number of amides is 2. The lowest BCUT2D eigenvalue weighted by Gasteiger charge is -2.41. The van der Waals surface area contributed by atoms with E-state index < -0.39 is 5.41 Å². The van der Waals surface area contributed by atoms with Crippen molar-refractivity contribution in [1.82, 2.24) is 20.2 Å². The molecule has 4 rings (SSSR count). The molecule has 0 spiro atoms. The first-order valence-corrected chi connectivity index (χ1v) is 11.2. The normalized spacial score (nSPS) is 17.9. The second kappa shape index (κ2) is 10.2. The molecule has 6 nitrogen and oxygen atoms in total. The van der Waals surface area contributed by atoms with Crippen molar-refractivity contribution in [2.24, 2.45) is 5.41 Å². The van der Waals surface area contributed by atoms with E-state index in [1.54, 1.807) is 17.2 Å². The van der Waals surface area contributed by atoms with Crippen molar-refractivity contribution in [2.75, 3.05) is 19.6 Å². The third kappa shape index (κ3) is 5.17. The Kier molecular flexibility index (Phi) is 6.93. The molecule has 1 aromatic heterocycles. The van der Waals surface area contributed by atoms with Crippen molar-refractivity contribution in [3.05, 3.63) is 97.1 Å². The average molecular weight is 441 g/mol. The van der Waals surface area contributed by atoms with Crippen LogP contribution in [0.15, 0.2) is 85.8 Å². The Morgan fingerprint density at radius 2 is 1.82 bits per heavy atom. The maximum Gasteiger partial charge on any atom is 0.274 e. The van der Waals surface area contributed by atoms with Gasteiger partial charge in [0.15, 0.2) is 0 Å². The fraction of sp³-hybridized carbons (Fsp3) is 0.259. The highest BCUT2D eigenvalue weighted by Gasteiger charge is 2.43. The average Bonchev–Trinajstić information content (AvgIpc) is 2.88. The van der Waals surface area contributed by atoms with Gasteiger partial charge in [-0.1, -0.05) is 60.7 Å². The number of aromatic nitrogens is 2. The Balaban J connectivity index is 1.58. The lowest BCUT2D eigenvalue weighted by molar-refractivity contribution is -0.133. The highest BCUT2D eigenvalue weighted by atomic mass is 16.2. The van der Waals surface area contributed by atoms with E-state index in [4.69, 9.17) is 0 Å². The van der Waals surface area contributed by atoms with Crippen LogP contribution in [0.4, 0.5) is 0 Å². The second-order valence-electron chi connectivity index (χ2n) is 8.44. The fourth-order valence-electron chi connectivity index (χ4n) is 4.48. The molecule has 1 saturated heterocycles.